The first-order valence-electron chi connectivity index (χ1n) is 9.11. The summed E-state index contributed by atoms with van der Waals surface area (Å²) in [4.78, 5) is 29.4. The minimum atomic E-state index is -1.07. The van der Waals surface area contributed by atoms with Gasteiger partial charge in [0.15, 0.2) is 0 Å². The molecule has 28 heavy (non-hydrogen) atoms. The monoisotopic (exact) mass is 385 g/mol. The Labute approximate surface area is 162 Å². The second kappa shape index (κ2) is 7.81. The van der Waals surface area contributed by atoms with Crippen molar-refractivity contribution in [2.45, 2.75) is 33.4 Å². The Morgan fingerprint density at radius 1 is 1.39 bits per heavy atom. The molecule has 1 unspecified atom stereocenters. The summed E-state index contributed by atoms with van der Waals surface area (Å²) in [6, 6.07) is 5.40. The van der Waals surface area contributed by atoms with Crippen molar-refractivity contribution in [3.8, 4) is 0 Å². The van der Waals surface area contributed by atoms with Gasteiger partial charge in [-0.15, -0.1) is 0 Å². The van der Waals surface area contributed by atoms with Crippen molar-refractivity contribution in [3.05, 3.63) is 63.1 Å². The predicted octanol–water partition coefficient (Wildman–Crippen LogP) is 3.01. The van der Waals surface area contributed by atoms with Gasteiger partial charge in [-0.1, -0.05) is 26.0 Å². The van der Waals surface area contributed by atoms with Crippen LogP contribution in [0, 0.1) is 10.1 Å². The third kappa shape index (κ3) is 3.48. The van der Waals surface area contributed by atoms with Crippen LogP contribution >= 0.6 is 0 Å². The lowest BCUT2D eigenvalue weighted by atomic mass is 9.94. The number of carboxylic acids is 1. The van der Waals surface area contributed by atoms with E-state index in [9.17, 15) is 20.0 Å². The molecule has 2 aromatic rings. The number of nitro benzene ring substituents is 1. The number of carbonyl (C=O) groups is 1. The van der Waals surface area contributed by atoms with Crippen LogP contribution in [-0.2, 0) is 11.3 Å². The van der Waals surface area contributed by atoms with E-state index < -0.39 is 16.9 Å². The number of nitrogens with one attached hydrogen (secondary N) is 1. The molecule has 0 radical (unpaired) electrons. The number of aliphatic carboxylic acids is 1. The molecule has 0 spiro atoms. The first-order chi connectivity index (χ1) is 13.4. The van der Waals surface area contributed by atoms with E-state index in [0.717, 1.165) is 18.8 Å². The Balaban J connectivity index is 2.18. The topological polar surface area (TPSA) is 114 Å². The number of allylic oxidation sites excluding steroid dienone is 1. The molecule has 2 N–H and O–H groups in total. The molecule has 0 amide bonds. The number of non-ortho nitro benzene ring substituents is 1. The lowest BCUT2D eigenvalue weighted by Crippen LogP contribution is -2.31. The van der Waals surface area contributed by atoms with Crippen molar-refractivity contribution in [2.75, 3.05) is 18.4 Å². The highest BCUT2D eigenvalue weighted by Gasteiger charge is 2.34. The van der Waals surface area contributed by atoms with Gasteiger partial charge in [-0.25, -0.2) is 9.78 Å². The Bertz CT molecular complexity index is 946. The summed E-state index contributed by atoms with van der Waals surface area (Å²) in [5.74, 6) is -0.546. The van der Waals surface area contributed by atoms with Crippen LogP contribution in [0.3, 0.4) is 0 Å². The number of imidazole rings is 1. The third-order valence-electron chi connectivity index (χ3n) is 5.02. The van der Waals surface area contributed by atoms with Gasteiger partial charge in [-0.05, 0) is 25.6 Å². The number of hydrogen-bond donors (Lipinski definition) is 2. The van der Waals surface area contributed by atoms with Gasteiger partial charge in [0.1, 0.15) is 0 Å². The average Bonchev–Trinajstić information content (AvgIpc) is 3.06. The van der Waals surface area contributed by atoms with E-state index in [0.29, 0.717) is 23.8 Å². The molecule has 2 heterocycles. The molecule has 148 valence electrons. The summed E-state index contributed by atoms with van der Waals surface area (Å²) in [6.07, 6.45) is 1.73. The average molecular weight is 385 g/mol. The Morgan fingerprint density at radius 3 is 2.71 bits per heavy atom. The van der Waals surface area contributed by atoms with Crippen molar-refractivity contribution >= 4 is 17.6 Å². The molecular formula is C19H23N5O4. The summed E-state index contributed by atoms with van der Waals surface area (Å²) < 4.78 is 1.83. The molecular weight excluding hydrogens is 362 g/mol. The molecule has 0 bridgehead atoms. The maximum atomic E-state index is 12.1. The molecule has 9 heteroatoms. The molecule has 0 saturated heterocycles. The number of nitro groups is 1. The van der Waals surface area contributed by atoms with Crippen molar-refractivity contribution < 1.29 is 14.8 Å². The molecule has 1 aromatic heterocycles. The lowest BCUT2D eigenvalue weighted by Gasteiger charge is -2.31. The van der Waals surface area contributed by atoms with E-state index in [-0.39, 0.29) is 11.3 Å². The smallest absolute Gasteiger partial charge is 0.335 e. The zero-order chi connectivity index (χ0) is 20.4. The molecule has 9 nitrogen and oxygen atoms in total. The van der Waals surface area contributed by atoms with Gasteiger partial charge in [0.2, 0.25) is 5.95 Å². The van der Waals surface area contributed by atoms with Crippen LogP contribution in [0.15, 0.2) is 41.7 Å². The molecule has 1 atom stereocenters. The third-order valence-corrected chi connectivity index (χ3v) is 5.02. The van der Waals surface area contributed by atoms with Gasteiger partial charge in [0.25, 0.3) is 5.69 Å². The lowest BCUT2D eigenvalue weighted by molar-refractivity contribution is -0.384. The first-order valence-corrected chi connectivity index (χ1v) is 9.11. The zero-order valence-corrected chi connectivity index (χ0v) is 16.0. The molecule has 0 aliphatic carbocycles. The second-order valence-corrected chi connectivity index (χ2v) is 6.63. The number of carboxylic acid groups (broad SMARTS) is 1. The van der Waals surface area contributed by atoms with E-state index in [1.54, 1.807) is 25.3 Å². The predicted molar refractivity (Wildman–Crippen MR) is 104 cm³/mol. The van der Waals surface area contributed by atoms with E-state index in [4.69, 9.17) is 0 Å². The second-order valence-electron chi connectivity index (χ2n) is 6.63. The summed E-state index contributed by atoms with van der Waals surface area (Å²) in [7, 11) is 0. The molecule has 0 fully saturated rings. The fourth-order valence-corrected chi connectivity index (χ4v) is 3.54. The normalized spacial score (nSPS) is 16.1. The maximum absolute atomic E-state index is 12.1. The minimum Gasteiger partial charge on any atom is -0.478 e. The summed E-state index contributed by atoms with van der Waals surface area (Å²) in [5, 5.41) is 24.2. The number of anilines is 1. The number of hydrogen-bond acceptors (Lipinski definition) is 6. The zero-order valence-electron chi connectivity index (χ0n) is 16.0. The van der Waals surface area contributed by atoms with Crippen molar-refractivity contribution in [3.63, 3.8) is 0 Å². The molecule has 3 rings (SSSR count). The Morgan fingerprint density at radius 2 is 2.11 bits per heavy atom. The standard InChI is InChI=1S/C19H23N5O4/c1-4-22(5-2)11-15-10-20-19-21-12(3)16(18(25)26)17(23(15)19)13-7-6-8-14(9-13)24(27)28/h6-10,17H,4-5,11H2,1-3H3,(H,20,21)(H,25,26). The van der Waals surface area contributed by atoms with E-state index in [2.05, 4.69) is 29.0 Å². The van der Waals surface area contributed by atoms with Gasteiger partial charge in [0, 0.05) is 24.4 Å². The number of benzene rings is 1. The van der Waals surface area contributed by atoms with Gasteiger partial charge in [0.05, 0.1) is 28.4 Å². The maximum Gasteiger partial charge on any atom is 0.335 e. The van der Waals surface area contributed by atoms with Gasteiger partial charge >= 0.3 is 5.97 Å². The van der Waals surface area contributed by atoms with E-state index in [1.165, 1.54) is 12.1 Å². The molecule has 0 saturated carbocycles. The van der Waals surface area contributed by atoms with Crippen LogP contribution in [0.4, 0.5) is 11.6 Å². The molecule has 1 aliphatic rings. The van der Waals surface area contributed by atoms with Crippen LogP contribution in [0.2, 0.25) is 0 Å². The van der Waals surface area contributed by atoms with Gasteiger partial charge < -0.3 is 15.0 Å². The fourth-order valence-electron chi connectivity index (χ4n) is 3.54. The van der Waals surface area contributed by atoms with E-state index in [1.807, 2.05) is 4.57 Å². The summed E-state index contributed by atoms with van der Waals surface area (Å²) >= 11 is 0. The Hall–Kier alpha value is -3.20. The quantitative estimate of drug-likeness (QED) is 0.556. The fraction of sp³-hybridized carbons (Fsp3) is 0.368. The first kappa shape index (κ1) is 19.6. The van der Waals surface area contributed by atoms with Crippen LogP contribution in [-0.4, -0.2) is 43.5 Å². The van der Waals surface area contributed by atoms with Crippen molar-refractivity contribution in [1.82, 2.24) is 14.5 Å². The van der Waals surface area contributed by atoms with Crippen molar-refractivity contribution in [2.24, 2.45) is 0 Å². The SMILES string of the molecule is CCN(CC)Cc1cnc2n1C(c1cccc([N+](=O)[O-])c1)C(C(=O)O)=C(C)N2. The van der Waals surface area contributed by atoms with Crippen LogP contribution in [0.25, 0.3) is 0 Å². The van der Waals surface area contributed by atoms with Crippen LogP contribution < -0.4 is 5.32 Å². The van der Waals surface area contributed by atoms with Crippen LogP contribution in [0.1, 0.15) is 38.1 Å². The summed E-state index contributed by atoms with van der Waals surface area (Å²) in [5.41, 5.74) is 1.91. The molecule has 1 aromatic carbocycles. The molecule has 1 aliphatic heterocycles. The van der Waals surface area contributed by atoms with Gasteiger partial charge in [-0.3, -0.25) is 15.0 Å². The number of rotatable bonds is 7. The number of aromatic nitrogens is 2. The largest absolute Gasteiger partial charge is 0.478 e. The Kier molecular flexibility index (Phi) is 5.46. The number of nitrogens with zero attached hydrogens (tertiary/aromatic N) is 4. The number of fused-ring (bicyclic) bond motifs is 1. The van der Waals surface area contributed by atoms with Gasteiger partial charge in [-0.2, -0.15) is 0 Å². The summed E-state index contributed by atoms with van der Waals surface area (Å²) in [6.45, 7) is 8.06. The van der Waals surface area contributed by atoms with Crippen molar-refractivity contribution in [1.29, 1.82) is 0 Å². The van der Waals surface area contributed by atoms with Crippen LogP contribution in [0.5, 0.6) is 0 Å². The highest BCUT2D eigenvalue weighted by atomic mass is 16.6. The van der Waals surface area contributed by atoms with E-state index >= 15 is 0 Å². The highest BCUT2D eigenvalue weighted by Crippen LogP contribution is 2.38. The minimum absolute atomic E-state index is 0.0783. The highest BCUT2D eigenvalue weighted by molar-refractivity contribution is 5.91.